The Morgan fingerprint density at radius 3 is 2.27 bits per heavy atom. The number of hydrogen-bond donors (Lipinski definition) is 0. The minimum Gasteiger partial charge on any atom is -0.277 e. The van der Waals surface area contributed by atoms with E-state index >= 15 is 0 Å². The Bertz CT molecular complexity index is 684. The molecule has 26 heavy (non-hydrogen) atoms. The highest BCUT2D eigenvalue weighted by Crippen LogP contribution is 2.36. The van der Waals surface area contributed by atoms with Crippen molar-refractivity contribution in [3.8, 4) is 0 Å². The zero-order chi connectivity index (χ0) is 18.9. The Hall–Kier alpha value is -1.29. The number of hydrogen-bond acceptors (Lipinski definition) is 3. The monoisotopic (exact) mass is 373 g/mol. The number of aryl methyl sites for hydroxylation is 1. The highest BCUT2D eigenvalue weighted by molar-refractivity contribution is 8.00. The fourth-order valence-corrected chi connectivity index (χ4v) is 5.06. The lowest BCUT2D eigenvalue weighted by Gasteiger charge is -2.30. The summed E-state index contributed by atoms with van der Waals surface area (Å²) in [6, 6.07) is 5.79. The van der Waals surface area contributed by atoms with Crippen LogP contribution in [0.2, 0.25) is 0 Å². The zero-order valence-corrected chi connectivity index (χ0v) is 17.3. The first kappa shape index (κ1) is 19.5. The van der Waals surface area contributed by atoms with Crippen LogP contribution in [0.15, 0.2) is 18.2 Å². The van der Waals surface area contributed by atoms with E-state index in [9.17, 15) is 9.59 Å². The number of amides is 2. The van der Waals surface area contributed by atoms with Crippen molar-refractivity contribution >= 4 is 23.6 Å². The molecule has 0 unspecified atom stereocenters. The summed E-state index contributed by atoms with van der Waals surface area (Å²) in [7, 11) is 1.56. The molecule has 0 saturated heterocycles. The molecule has 3 rings (SSSR count). The van der Waals surface area contributed by atoms with Crippen molar-refractivity contribution in [1.29, 1.82) is 0 Å². The molecule has 0 spiro atoms. The van der Waals surface area contributed by atoms with Gasteiger partial charge in [-0.1, -0.05) is 39.7 Å². The summed E-state index contributed by atoms with van der Waals surface area (Å²) in [6.45, 7) is 6.90. The molecule has 1 aliphatic heterocycles. The molecule has 2 amide bonds. The van der Waals surface area contributed by atoms with Crippen LogP contribution in [0.5, 0.6) is 0 Å². The molecule has 2 aliphatic rings. The third kappa shape index (κ3) is 4.51. The summed E-state index contributed by atoms with van der Waals surface area (Å²) in [6.07, 6.45) is 7.58. The number of carbonyl (C=O) groups is 2. The van der Waals surface area contributed by atoms with Crippen LogP contribution in [0.4, 0.5) is 0 Å². The van der Waals surface area contributed by atoms with Crippen molar-refractivity contribution in [3.63, 3.8) is 0 Å². The lowest BCUT2D eigenvalue weighted by molar-refractivity contribution is 0.0693. The Morgan fingerprint density at radius 2 is 1.62 bits per heavy atom. The van der Waals surface area contributed by atoms with Gasteiger partial charge in [-0.05, 0) is 61.0 Å². The summed E-state index contributed by atoms with van der Waals surface area (Å²) in [5, 5.41) is 0. The molecule has 0 radical (unpaired) electrons. The first-order chi connectivity index (χ1) is 12.2. The van der Waals surface area contributed by atoms with Gasteiger partial charge in [-0.15, -0.1) is 0 Å². The standard InChI is InChI=1S/C22H31NO2S/c1-22(2,3)26-14-17-9-6-15(7-10-17)5-8-16-11-12-18-19(13-16)21(25)23(4)20(18)24/h11-13,15,17H,5-10,14H2,1-4H3. The van der Waals surface area contributed by atoms with Gasteiger partial charge >= 0.3 is 0 Å². The maximum atomic E-state index is 12.1. The molecule has 1 aromatic carbocycles. The van der Waals surface area contributed by atoms with Crippen LogP contribution in [0.1, 0.15) is 79.2 Å². The van der Waals surface area contributed by atoms with Crippen LogP contribution >= 0.6 is 11.8 Å². The Morgan fingerprint density at radius 1 is 1.00 bits per heavy atom. The molecule has 1 heterocycles. The van der Waals surface area contributed by atoms with E-state index < -0.39 is 0 Å². The van der Waals surface area contributed by atoms with Crippen molar-refractivity contribution in [3.05, 3.63) is 34.9 Å². The van der Waals surface area contributed by atoms with E-state index in [1.165, 1.54) is 48.3 Å². The molecule has 0 N–H and O–H groups in total. The number of thioether (sulfide) groups is 1. The van der Waals surface area contributed by atoms with Gasteiger partial charge in [0.05, 0.1) is 11.1 Å². The number of benzene rings is 1. The Labute approximate surface area is 161 Å². The third-order valence-electron chi connectivity index (χ3n) is 5.71. The van der Waals surface area contributed by atoms with Crippen molar-refractivity contribution in [2.45, 2.75) is 64.0 Å². The number of imide groups is 1. The first-order valence-electron chi connectivity index (χ1n) is 9.84. The van der Waals surface area contributed by atoms with Crippen molar-refractivity contribution in [2.24, 2.45) is 11.8 Å². The van der Waals surface area contributed by atoms with E-state index in [-0.39, 0.29) is 11.8 Å². The number of nitrogens with zero attached hydrogens (tertiary/aromatic N) is 1. The van der Waals surface area contributed by atoms with E-state index in [0.717, 1.165) is 18.3 Å². The highest BCUT2D eigenvalue weighted by Gasteiger charge is 2.32. The lowest BCUT2D eigenvalue weighted by Crippen LogP contribution is -2.24. The largest absolute Gasteiger partial charge is 0.277 e. The molecule has 3 nitrogen and oxygen atoms in total. The summed E-state index contributed by atoms with van der Waals surface area (Å²) < 4.78 is 0.372. The summed E-state index contributed by atoms with van der Waals surface area (Å²) in [5.41, 5.74) is 2.32. The van der Waals surface area contributed by atoms with E-state index in [1.807, 2.05) is 18.2 Å². The van der Waals surface area contributed by atoms with Crippen molar-refractivity contribution in [1.82, 2.24) is 4.90 Å². The second kappa shape index (κ2) is 7.75. The predicted octanol–water partition coefficient (Wildman–Crippen LogP) is 5.18. The molecular formula is C22H31NO2S. The maximum absolute atomic E-state index is 12.1. The summed E-state index contributed by atoms with van der Waals surface area (Å²) in [5.74, 6) is 2.64. The highest BCUT2D eigenvalue weighted by atomic mass is 32.2. The maximum Gasteiger partial charge on any atom is 0.261 e. The van der Waals surface area contributed by atoms with Crippen LogP contribution in [0, 0.1) is 11.8 Å². The average molecular weight is 374 g/mol. The van der Waals surface area contributed by atoms with Crippen LogP contribution < -0.4 is 0 Å². The van der Waals surface area contributed by atoms with Gasteiger partial charge in [-0.2, -0.15) is 11.8 Å². The van der Waals surface area contributed by atoms with Gasteiger partial charge in [-0.3, -0.25) is 14.5 Å². The summed E-state index contributed by atoms with van der Waals surface area (Å²) in [4.78, 5) is 25.3. The van der Waals surface area contributed by atoms with Gasteiger partial charge in [0.25, 0.3) is 11.8 Å². The number of rotatable bonds is 5. The fraction of sp³-hybridized carbons (Fsp3) is 0.636. The minimum atomic E-state index is -0.178. The van der Waals surface area contributed by atoms with Crippen LogP contribution in [-0.2, 0) is 6.42 Å². The van der Waals surface area contributed by atoms with Crippen LogP contribution in [-0.4, -0.2) is 34.3 Å². The van der Waals surface area contributed by atoms with Crippen molar-refractivity contribution in [2.75, 3.05) is 12.8 Å². The molecule has 142 valence electrons. The molecule has 1 aromatic rings. The number of carbonyl (C=O) groups excluding carboxylic acids is 2. The smallest absolute Gasteiger partial charge is 0.261 e. The van der Waals surface area contributed by atoms with Gasteiger partial charge in [0.2, 0.25) is 0 Å². The quantitative estimate of drug-likeness (QED) is 0.667. The fourth-order valence-electron chi connectivity index (χ4n) is 3.99. The summed E-state index contributed by atoms with van der Waals surface area (Å²) >= 11 is 2.10. The molecule has 0 atom stereocenters. The van der Waals surface area contributed by atoms with Crippen LogP contribution in [0.25, 0.3) is 0 Å². The van der Waals surface area contributed by atoms with E-state index in [2.05, 4.69) is 32.5 Å². The molecule has 0 aromatic heterocycles. The van der Waals surface area contributed by atoms with Gasteiger partial charge < -0.3 is 0 Å². The Balaban J connectivity index is 1.48. The predicted molar refractivity (Wildman–Crippen MR) is 109 cm³/mol. The van der Waals surface area contributed by atoms with Gasteiger partial charge in [0.15, 0.2) is 0 Å². The van der Waals surface area contributed by atoms with Crippen LogP contribution in [0.3, 0.4) is 0 Å². The van der Waals surface area contributed by atoms with Gasteiger partial charge in [0.1, 0.15) is 0 Å². The molecule has 0 bridgehead atoms. The molecular weight excluding hydrogens is 342 g/mol. The lowest BCUT2D eigenvalue weighted by atomic mass is 9.80. The molecule has 1 saturated carbocycles. The average Bonchev–Trinajstić information content (AvgIpc) is 2.82. The minimum absolute atomic E-state index is 0.163. The second-order valence-corrected chi connectivity index (χ2v) is 10.7. The Kier molecular flexibility index (Phi) is 5.81. The first-order valence-corrected chi connectivity index (χ1v) is 10.8. The second-order valence-electron chi connectivity index (χ2n) is 8.90. The zero-order valence-electron chi connectivity index (χ0n) is 16.5. The van der Waals surface area contributed by atoms with E-state index in [0.29, 0.717) is 15.9 Å². The SMILES string of the molecule is CN1C(=O)c2ccc(CCC3CCC(CSC(C)(C)C)CC3)cc2C1=O. The number of fused-ring (bicyclic) bond motifs is 1. The van der Waals surface area contributed by atoms with Crippen molar-refractivity contribution < 1.29 is 9.59 Å². The van der Waals surface area contributed by atoms with Gasteiger partial charge in [-0.25, -0.2) is 0 Å². The molecule has 1 fully saturated rings. The topological polar surface area (TPSA) is 37.4 Å². The third-order valence-corrected chi connectivity index (χ3v) is 7.22. The van der Waals surface area contributed by atoms with E-state index in [1.54, 1.807) is 7.05 Å². The normalized spacial score (nSPS) is 23.5. The molecule has 1 aliphatic carbocycles. The van der Waals surface area contributed by atoms with E-state index in [4.69, 9.17) is 0 Å². The molecule has 4 heteroatoms. The van der Waals surface area contributed by atoms with Gasteiger partial charge in [0, 0.05) is 11.8 Å².